The highest BCUT2D eigenvalue weighted by Crippen LogP contribution is 2.15. The van der Waals surface area contributed by atoms with Crippen molar-refractivity contribution in [3.05, 3.63) is 70.8 Å². The molecule has 114 valence electrons. The van der Waals surface area contributed by atoms with Crippen molar-refractivity contribution in [1.82, 2.24) is 4.90 Å². The van der Waals surface area contributed by atoms with E-state index in [2.05, 4.69) is 6.07 Å². The molecular weight excluding hydrogens is 286 g/mol. The molecule has 23 heavy (non-hydrogen) atoms. The van der Waals surface area contributed by atoms with Gasteiger partial charge in [-0.1, -0.05) is 12.1 Å². The normalized spacial score (nSPS) is 9.96. The first-order valence-corrected chi connectivity index (χ1v) is 7.35. The maximum atomic E-state index is 12.7. The zero-order valence-corrected chi connectivity index (χ0v) is 13.2. The summed E-state index contributed by atoms with van der Waals surface area (Å²) in [7, 11) is 0. The van der Waals surface area contributed by atoms with E-state index in [1.807, 2.05) is 32.0 Å². The average Bonchev–Trinajstić information content (AvgIpc) is 2.59. The van der Waals surface area contributed by atoms with Gasteiger partial charge in [0, 0.05) is 18.2 Å². The summed E-state index contributed by atoms with van der Waals surface area (Å²) < 4.78 is 0. The maximum Gasteiger partial charge on any atom is 0.254 e. The Hall–Kier alpha value is -3.11. The van der Waals surface area contributed by atoms with Crippen molar-refractivity contribution in [2.24, 2.45) is 0 Å². The van der Waals surface area contributed by atoms with Gasteiger partial charge in [0.05, 0.1) is 23.3 Å². The summed E-state index contributed by atoms with van der Waals surface area (Å²) in [6.45, 7) is 4.40. The molecule has 0 bridgehead atoms. The molecule has 1 amide bonds. The quantitative estimate of drug-likeness (QED) is 0.868. The summed E-state index contributed by atoms with van der Waals surface area (Å²) in [6, 6.07) is 18.0. The molecule has 2 aromatic carbocycles. The van der Waals surface area contributed by atoms with Gasteiger partial charge in [-0.3, -0.25) is 4.79 Å². The van der Waals surface area contributed by atoms with E-state index >= 15 is 0 Å². The highest BCUT2D eigenvalue weighted by Gasteiger charge is 2.19. The molecule has 0 aromatic heterocycles. The van der Waals surface area contributed by atoms with Crippen LogP contribution in [-0.2, 0) is 6.54 Å². The van der Waals surface area contributed by atoms with Gasteiger partial charge in [0.15, 0.2) is 0 Å². The molecule has 0 aliphatic carbocycles. The van der Waals surface area contributed by atoms with E-state index in [0.717, 1.165) is 5.56 Å². The Morgan fingerprint density at radius 2 is 1.43 bits per heavy atom. The van der Waals surface area contributed by atoms with E-state index in [1.165, 1.54) is 0 Å². The SMILES string of the molecule is CC(C)N(Cc1ccc(C#N)cc1)C(=O)c1ccc(C#N)cc1. The summed E-state index contributed by atoms with van der Waals surface area (Å²) in [5, 5.41) is 17.7. The zero-order chi connectivity index (χ0) is 16.8. The Morgan fingerprint density at radius 1 is 0.957 bits per heavy atom. The Bertz CT molecular complexity index is 762. The van der Waals surface area contributed by atoms with Gasteiger partial charge >= 0.3 is 0 Å². The number of hydrogen-bond acceptors (Lipinski definition) is 3. The van der Waals surface area contributed by atoms with Gasteiger partial charge in [-0.2, -0.15) is 10.5 Å². The van der Waals surface area contributed by atoms with Crippen molar-refractivity contribution >= 4 is 5.91 Å². The van der Waals surface area contributed by atoms with Gasteiger partial charge < -0.3 is 4.90 Å². The third kappa shape index (κ3) is 3.96. The van der Waals surface area contributed by atoms with Crippen molar-refractivity contribution in [1.29, 1.82) is 10.5 Å². The summed E-state index contributed by atoms with van der Waals surface area (Å²) in [6.07, 6.45) is 0. The monoisotopic (exact) mass is 303 g/mol. The fourth-order valence-electron chi connectivity index (χ4n) is 2.22. The van der Waals surface area contributed by atoms with Crippen LogP contribution in [-0.4, -0.2) is 16.8 Å². The molecule has 4 heteroatoms. The van der Waals surface area contributed by atoms with Crippen LogP contribution < -0.4 is 0 Å². The number of benzene rings is 2. The standard InChI is InChI=1S/C19H17N3O/c1-14(2)22(13-17-5-3-15(11-20)4-6-17)19(23)18-9-7-16(12-21)8-10-18/h3-10,14H,13H2,1-2H3. The van der Waals surface area contributed by atoms with Crippen LogP contribution in [0, 0.1) is 22.7 Å². The minimum Gasteiger partial charge on any atom is -0.332 e. The third-order valence-corrected chi connectivity index (χ3v) is 3.58. The van der Waals surface area contributed by atoms with Crippen molar-refractivity contribution < 1.29 is 4.79 Å². The van der Waals surface area contributed by atoms with Gasteiger partial charge in [0.25, 0.3) is 5.91 Å². The van der Waals surface area contributed by atoms with Crippen molar-refractivity contribution in [2.75, 3.05) is 0 Å². The lowest BCUT2D eigenvalue weighted by atomic mass is 10.1. The summed E-state index contributed by atoms with van der Waals surface area (Å²) in [4.78, 5) is 14.5. The van der Waals surface area contributed by atoms with E-state index in [4.69, 9.17) is 10.5 Å². The Labute approximate surface area is 136 Å². The summed E-state index contributed by atoms with van der Waals surface area (Å²) in [5.41, 5.74) is 2.67. The van der Waals surface area contributed by atoms with Crippen molar-refractivity contribution in [2.45, 2.75) is 26.4 Å². The zero-order valence-electron chi connectivity index (χ0n) is 13.2. The minimum absolute atomic E-state index is 0.0359. The maximum absolute atomic E-state index is 12.7. The van der Waals surface area contributed by atoms with Gasteiger partial charge in [0.1, 0.15) is 0 Å². The predicted octanol–water partition coefficient (Wildman–Crippen LogP) is 3.48. The number of hydrogen-bond donors (Lipinski definition) is 0. The van der Waals surface area contributed by atoms with Gasteiger partial charge in [-0.05, 0) is 55.8 Å². The van der Waals surface area contributed by atoms with Crippen LogP contribution in [0.15, 0.2) is 48.5 Å². The topological polar surface area (TPSA) is 67.9 Å². The van der Waals surface area contributed by atoms with E-state index in [0.29, 0.717) is 23.2 Å². The smallest absolute Gasteiger partial charge is 0.254 e. The number of carbonyl (C=O) groups excluding carboxylic acids is 1. The Kier molecular flexibility index (Phi) is 5.12. The number of rotatable bonds is 4. The fourth-order valence-corrected chi connectivity index (χ4v) is 2.22. The molecule has 0 radical (unpaired) electrons. The molecule has 0 aliphatic rings. The molecular formula is C19H17N3O. The van der Waals surface area contributed by atoms with E-state index in [1.54, 1.807) is 41.3 Å². The van der Waals surface area contributed by atoms with E-state index < -0.39 is 0 Å². The highest BCUT2D eigenvalue weighted by molar-refractivity contribution is 5.94. The molecule has 0 saturated heterocycles. The molecule has 0 fully saturated rings. The first kappa shape index (κ1) is 16.3. The molecule has 0 unspecified atom stereocenters. The first-order chi connectivity index (χ1) is 11.0. The van der Waals surface area contributed by atoms with Crippen LogP contribution in [0.5, 0.6) is 0 Å². The summed E-state index contributed by atoms with van der Waals surface area (Å²) >= 11 is 0. The number of amides is 1. The van der Waals surface area contributed by atoms with E-state index in [-0.39, 0.29) is 11.9 Å². The molecule has 2 rings (SSSR count). The fraction of sp³-hybridized carbons (Fsp3) is 0.211. The molecule has 0 spiro atoms. The molecule has 2 aromatic rings. The van der Waals surface area contributed by atoms with Crippen molar-refractivity contribution in [3.63, 3.8) is 0 Å². The van der Waals surface area contributed by atoms with Crippen LogP contribution in [0.3, 0.4) is 0 Å². The van der Waals surface area contributed by atoms with Crippen LogP contribution in [0.25, 0.3) is 0 Å². The minimum atomic E-state index is -0.0751. The Balaban J connectivity index is 2.21. The van der Waals surface area contributed by atoms with Crippen molar-refractivity contribution in [3.8, 4) is 12.1 Å². The second-order valence-corrected chi connectivity index (χ2v) is 5.52. The largest absolute Gasteiger partial charge is 0.332 e. The molecule has 0 aliphatic heterocycles. The van der Waals surface area contributed by atoms with Crippen LogP contribution >= 0.6 is 0 Å². The first-order valence-electron chi connectivity index (χ1n) is 7.35. The lowest BCUT2D eigenvalue weighted by molar-refractivity contribution is 0.0690. The number of carbonyl (C=O) groups is 1. The van der Waals surface area contributed by atoms with Crippen LogP contribution in [0.4, 0.5) is 0 Å². The third-order valence-electron chi connectivity index (χ3n) is 3.58. The van der Waals surface area contributed by atoms with E-state index in [9.17, 15) is 4.79 Å². The summed E-state index contributed by atoms with van der Waals surface area (Å²) in [5.74, 6) is -0.0751. The highest BCUT2D eigenvalue weighted by atomic mass is 16.2. The molecule has 0 atom stereocenters. The lowest BCUT2D eigenvalue weighted by Gasteiger charge is -2.27. The predicted molar refractivity (Wildman–Crippen MR) is 87.3 cm³/mol. The van der Waals surface area contributed by atoms with Gasteiger partial charge in [0.2, 0.25) is 0 Å². The second kappa shape index (κ2) is 7.24. The van der Waals surface area contributed by atoms with Crippen LogP contribution in [0.2, 0.25) is 0 Å². The number of nitriles is 2. The number of nitrogens with zero attached hydrogens (tertiary/aromatic N) is 3. The van der Waals surface area contributed by atoms with Gasteiger partial charge in [-0.25, -0.2) is 0 Å². The lowest BCUT2D eigenvalue weighted by Crippen LogP contribution is -2.36. The second-order valence-electron chi connectivity index (χ2n) is 5.52. The van der Waals surface area contributed by atoms with Gasteiger partial charge in [-0.15, -0.1) is 0 Å². The Morgan fingerprint density at radius 3 is 1.87 bits per heavy atom. The van der Waals surface area contributed by atoms with Crippen LogP contribution in [0.1, 0.15) is 40.9 Å². The average molecular weight is 303 g/mol. The molecule has 0 saturated carbocycles. The molecule has 4 nitrogen and oxygen atoms in total. The molecule has 0 N–H and O–H groups in total. The molecule has 0 heterocycles.